The minimum Gasteiger partial charge on any atom is -0.474 e. The van der Waals surface area contributed by atoms with Crippen LogP contribution in [0.15, 0.2) is 18.2 Å². The molecule has 7 heteroatoms. The van der Waals surface area contributed by atoms with E-state index in [1.165, 1.54) is 18.2 Å². The van der Waals surface area contributed by atoms with Gasteiger partial charge in [-0.25, -0.2) is 13.2 Å². The molecule has 1 heterocycles. The first-order valence-corrected chi connectivity index (χ1v) is 6.61. The van der Waals surface area contributed by atoms with Crippen molar-refractivity contribution in [3.05, 3.63) is 23.8 Å². The monoisotopic (exact) mass is 257 g/mol. The van der Waals surface area contributed by atoms with E-state index in [9.17, 15) is 13.2 Å². The Balaban J connectivity index is 2.33. The number of benzene rings is 1. The Morgan fingerprint density at radius 3 is 3.00 bits per heavy atom. The first-order valence-electron chi connectivity index (χ1n) is 4.96. The molecule has 0 amide bonds. The Morgan fingerprint density at radius 2 is 2.29 bits per heavy atom. The zero-order valence-corrected chi connectivity index (χ0v) is 9.91. The van der Waals surface area contributed by atoms with Gasteiger partial charge in [0.15, 0.2) is 0 Å². The molecule has 0 radical (unpaired) electrons. The van der Waals surface area contributed by atoms with Crippen molar-refractivity contribution >= 4 is 21.7 Å². The van der Waals surface area contributed by atoms with Crippen LogP contribution in [0.2, 0.25) is 0 Å². The molecular formula is C10H11NO5S. The maximum Gasteiger partial charge on any atom is 0.338 e. The van der Waals surface area contributed by atoms with Gasteiger partial charge in [-0.3, -0.25) is 4.72 Å². The summed E-state index contributed by atoms with van der Waals surface area (Å²) in [6, 6.07) is 4.45. The standard InChI is InChI=1S/C10H11NO5S/c1-2-15-10(12)7-3-4-9-8(5-7)11-17(13,14)6-16-9/h3-5,11H,2,6H2,1H3. The summed E-state index contributed by atoms with van der Waals surface area (Å²) in [7, 11) is -3.48. The van der Waals surface area contributed by atoms with Crippen LogP contribution in [0.3, 0.4) is 0 Å². The average Bonchev–Trinajstić information content (AvgIpc) is 2.27. The van der Waals surface area contributed by atoms with E-state index >= 15 is 0 Å². The first-order chi connectivity index (χ1) is 8.02. The third-order valence-electron chi connectivity index (χ3n) is 2.13. The summed E-state index contributed by atoms with van der Waals surface area (Å²) in [4.78, 5) is 11.5. The Hall–Kier alpha value is -1.76. The average molecular weight is 257 g/mol. The van der Waals surface area contributed by atoms with Crippen LogP contribution in [0.4, 0.5) is 5.69 Å². The molecule has 0 aromatic heterocycles. The molecule has 1 N–H and O–H groups in total. The fraction of sp³-hybridized carbons (Fsp3) is 0.300. The van der Waals surface area contributed by atoms with E-state index in [0.717, 1.165) is 0 Å². The number of nitrogens with one attached hydrogen (secondary N) is 1. The molecule has 0 aliphatic carbocycles. The second kappa shape index (κ2) is 4.25. The second-order valence-electron chi connectivity index (χ2n) is 3.41. The molecule has 0 fully saturated rings. The molecule has 2 rings (SSSR count). The van der Waals surface area contributed by atoms with Crippen molar-refractivity contribution in [3.8, 4) is 5.75 Å². The Bertz CT molecular complexity index is 552. The lowest BCUT2D eigenvalue weighted by Gasteiger charge is -2.19. The summed E-state index contributed by atoms with van der Waals surface area (Å²) in [5, 5.41) is 0. The minimum absolute atomic E-state index is 0.252. The predicted octanol–water partition coefficient (Wildman–Crippen LogP) is 0.955. The van der Waals surface area contributed by atoms with Crippen LogP contribution in [0.1, 0.15) is 17.3 Å². The molecule has 0 spiro atoms. The van der Waals surface area contributed by atoms with Gasteiger partial charge in [-0.2, -0.15) is 0 Å². The summed E-state index contributed by atoms with van der Waals surface area (Å²) in [6.45, 7) is 1.96. The van der Waals surface area contributed by atoms with Crippen LogP contribution in [0.25, 0.3) is 0 Å². The highest BCUT2D eigenvalue weighted by atomic mass is 32.2. The van der Waals surface area contributed by atoms with Crippen molar-refractivity contribution < 1.29 is 22.7 Å². The summed E-state index contributed by atoms with van der Waals surface area (Å²) in [6.07, 6.45) is 0. The lowest BCUT2D eigenvalue weighted by molar-refractivity contribution is 0.0526. The van der Waals surface area contributed by atoms with E-state index in [0.29, 0.717) is 5.75 Å². The highest BCUT2D eigenvalue weighted by Crippen LogP contribution is 2.30. The maximum atomic E-state index is 11.5. The molecule has 1 aliphatic rings. The number of ether oxygens (including phenoxy) is 2. The van der Waals surface area contributed by atoms with Gasteiger partial charge in [0.2, 0.25) is 5.94 Å². The van der Waals surface area contributed by atoms with E-state index in [4.69, 9.17) is 9.47 Å². The number of hydrogen-bond donors (Lipinski definition) is 1. The van der Waals surface area contributed by atoms with Gasteiger partial charge >= 0.3 is 5.97 Å². The summed E-state index contributed by atoms with van der Waals surface area (Å²) < 4.78 is 34.7. The van der Waals surface area contributed by atoms with E-state index in [-0.39, 0.29) is 17.9 Å². The van der Waals surface area contributed by atoms with E-state index < -0.39 is 21.9 Å². The minimum atomic E-state index is -3.48. The van der Waals surface area contributed by atoms with Crippen LogP contribution in [-0.4, -0.2) is 26.9 Å². The molecule has 1 aromatic carbocycles. The molecule has 0 saturated carbocycles. The van der Waals surface area contributed by atoms with Crippen LogP contribution >= 0.6 is 0 Å². The number of carbonyl (C=O) groups is 1. The van der Waals surface area contributed by atoms with E-state index in [1.54, 1.807) is 6.92 Å². The molecular weight excluding hydrogens is 246 g/mol. The van der Waals surface area contributed by atoms with Gasteiger partial charge in [0.05, 0.1) is 17.9 Å². The van der Waals surface area contributed by atoms with Crippen LogP contribution in [0.5, 0.6) is 5.75 Å². The topological polar surface area (TPSA) is 81.7 Å². The number of anilines is 1. The predicted molar refractivity (Wildman–Crippen MR) is 60.4 cm³/mol. The SMILES string of the molecule is CCOC(=O)c1ccc2c(c1)NS(=O)(=O)CO2. The molecule has 0 atom stereocenters. The smallest absolute Gasteiger partial charge is 0.338 e. The zero-order valence-electron chi connectivity index (χ0n) is 9.10. The molecule has 6 nitrogen and oxygen atoms in total. The van der Waals surface area contributed by atoms with E-state index in [1.807, 2.05) is 0 Å². The molecule has 17 heavy (non-hydrogen) atoms. The summed E-state index contributed by atoms with van der Waals surface area (Å²) in [5.74, 6) is -0.522. The summed E-state index contributed by atoms with van der Waals surface area (Å²) in [5.41, 5.74) is 0.528. The van der Waals surface area contributed by atoms with Gasteiger partial charge in [-0.15, -0.1) is 0 Å². The largest absolute Gasteiger partial charge is 0.474 e. The van der Waals surface area contributed by atoms with Crippen molar-refractivity contribution in [2.75, 3.05) is 17.3 Å². The van der Waals surface area contributed by atoms with Gasteiger partial charge in [-0.1, -0.05) is 0 Å². The third-order valence-corrected chi connectivity index (χ3v) is 3.08. The second-order valence-corrected chi connectivity index (χ2v) is 5.08. The zero-order chi connectivity index (χ0) is 12.5. The van der Waals surface area contributed by atoms with Crippen molar-refractivity contribution in [2.45, 2.75) is 6.92 Å². The molecule has 1 aromatic rings. The quantitative estimate of drug-likeness (QED) is 0.798. The number of hydrogen-bond acceptors (Lipinski definition) is 5. The van der Waals surface area contributed by atoms with Crippen LogP contribution in [-0.2, 0) is 14.8 Å². The highest BCUT2D eigenvalue weighted by Gasteiger charge is 2.22. The first kappa shape index (κ1) is 11.7. The van der Waals surface area contributed by atoms with Crippen LogP contribution < -0.4 is 9.46 Å². The summed E-state index contributed by atoms with van der Waals surface area (Å²) >= 11 is 0. The van der Waals surface area contributed by atoms with Gasteiger partial charge in [0.25, 0.3) is 10.0 Å². The Morgan fingerprint density at radius 1 is 1.53 bits per heavy atom. The van der Waals surface area contributed by atoms with Crippen molar-refractivity contribution in [2.24, 2.45) is 0 Å². The highest BCUT2D eigenvalue weighted by molar-refractivity contribution is 7.92. The van der Waals surface area contributed by atoms with Crippen molar-refractivity contribution in [1.82, 2.24) is 0 Å². The third kappa shape index (κ3) is 2.50. The Labute approximate surface area is 98.6 Å². The lowest BCUT2D eigenvalue weighted by atomic mass is 10.2. The fourth-order valence-corrected chi connectivity index (χ4v) is 2.25. The van der Waals surface area contributed by atoms with Crippen molar-refractivity contribution in [3.63, 3.8) is 0 Å². The van der Waals surface area contributed by atoms with E-state index in [2.05, 4.69) is 4.72 Å². The molecule has 92 valence electrons. The van der Waals surface area contributed by atoms with Gasteiger partial charge < -0.3 is 9.47 Å². The lowest BCUT2D eigenvalue weighted by Crippen LogP contribution is -2.25. The maximum absolute atomic E-state index is 11.5. The molecule has 0 saturated heterocycles. The number of esters is 1. The molecule has 0 bridgehead atoms. The Kier molecular flexibility index (Phi) is 2.93. The number of fused-ring (bicyclic) bond motifs is 1. The number of sulfonamides is 1. The van der Waals surface area contributed by atoms with Gasteiger partial charge in [0, 0.05) is 0 Å². The molecule has 0 unspecified atom stereocenters. The van der Waals surface area contributed by atoms with Gasteiger partial charge in [0.1, 0.15) is 5.75 Å². The van der Waals surface area contributed by atoms with Crippen LogP contribution in [0, 0.1) is 0 Å². The number of rotatable bonds is 2. The normalized spacial score (nSPS) is 16.3. The number of carbonyl (C=O) groups excluding carboxylic acids is 1. The molecule has 1 aliphatic heterocycles. The fourth-order valence-electron chi connectivity index (χ4n) is 1.42. The van der Waals surface area contributed by atoms with Crippen molar-refractivity contribution in [1.29, 1.82) is 0 Å². The van der Waals surface area contributed by atoms with Gasteiger partial charge in [-0.05, 0) is 25.1 Å².